The van der Waals surface area contributed by atoms with Gasteiger partial charge in [-0.1, -0.05) is 48.0 Å². The summed E-state index contributed by atoms with van der Waals surface area (Å²) in [6, 6.07) is 13.6. The lowest BCUT2D eigenvalue weighted by Gasteiger charge is -2.09. The van der Waals surface area contributed by atoms with Gasteiger partial charge in [-0.15, -0.1) is 0 Å². The second kappa shape index (κ2) is 4.98. The highest BCUT2D eigenvalue weighted by Crippen LogP contribution is 2.24. The number of benzene rings is 2. The maximum absolute atomic E-state index is 12.3. The number of carbonyl (C=O) groups is 1. The summed E-state index contributed by atoms with van der Waals surface area (Å²) in [5, 5.41) is 9.25. The van der Waals surface area contributed by atoms with Gasteiger partial charge in [0.15, 0.2) is 0 Å². The SMILES string of the molecule is Cn1ncc(Cl)c1C(=O)Nc1cccc2ccccc12. The molecule has 1 amide bonds. The molecular formula is C15H12ClN3O. The summed E-state index contributed by atoms with van der Waals surface area (Å²) in [6.45, 7) is 0. The molecule has 0 spiro atoms. The number of aromatic nitrogens is 2. The van der Waals surface area contributed by atoms with E-state index in [0.717, 1.165) is 16.5 Å². The summed E-state index contributed by atoms with van der Waals surface area (Å²) >= 11 is 5.98. The van der Waals surface area contributed by atoms with E-state index in [9.17, 15) is 4.79 Å². The number of halogens is 1. The first-order valence-corrected chi connectivity index (χ1v) is 6.51. The molecule has 100 valence electrons. The zero-order valence-electron chi connectivity index (χ0n) is 10.8. The molecule has 0 saturated carbocycles. The van der Waals surface area contributed by atoms with Gasteiger partial charge >= 0.3 is 0 Å². The summed E-state index contributed by atoms with van der Waals surface area (Å²) in [6.07, 6.45) is 1.46. The zero-order chi connectivity index (χ0) is 14.1. The molecule has 0 atom stereocenters. The molecule has 0 aliphatic rings. The standard InChI is InChI=1S/C15H12ClN3O/c1-19-14(12(16)9-17-19)15(20)18-13-8-4-6-10-5-2-3-7-11(10)13/h2-9H,1H3,(H,18,20). The Kier molecular flexibility index (Phi) is 3.16. The van der Waals surface area contributed by atoms with E-state index in [1.54, 1.807) is 7.05 Å². The van der Waals surface area contributed by atoms with Gasteiger partial charge < -0.3 is 5.32 Å². The van der Waals surface area contributed by atoms with Crippen molar-refractivity contribution in [2.75, 3.05) is 5.32 Å². The van der Waals surface area contributed by atoms with Crippen molar-refractivity contribution in [2.45, 2.75) is 0 Å². The summed E-state index contributed by atoms with van der Waals surface area (Å²) in [5.41, 5.74) is 1.10. The Balaban J connectivity index is 2.00. The van der Waals surface area contributed by atoms with Crippen LogP contribution >= 0.6 is 11.6 Å². The molecule has 20 heavy (non-hydrogen) atoms. The second-order valence-corrected chi connectivity index (χ2v) is 4.85. The molecule has 5 heteroatoms. The van der Waals surface area contributed by atoms with E-state index in [1.807, 2.05) is 42.5 Å². The van der Waals surface area contributed by atoms with Crippen molar-refractivity contribution in [3.05, 3.63) is 59.4 Å². The van der Waals surface area contributed by atoms with Crippen LogP contribution in [0.2, 0.25) is 5.02 Å². The first kappa shape index (κ1) is 12.7. The van der Waals surface area contributed by atoms with Crippen molar-refractivity contribution >= 4 is 34.0 Å². The van der Waals surface area contributed by atoms with Crippen LogP contribution in [0.3, 0.4) is 0 Å². The number of fused-ring (bicyclic) bond motifs is 1. The van der Waals surface area contributed by atoms with E-state index >= 15 is 0 Å². The summed E-state index contributed by atoms with van der Waals surface area (Å²) < 4.78 is 1.46. The van der Waals surface area contributed by atoms with Gasteiger partial charge in [-0.3, -0.25) is 9.48 Å². The van der Waals surface area contributed by atoms with Crippen LogP contribution in [0.4, 0.5) is 5.69 Å². The Hall–Kier alpha value is -2.33. The molecule has 0 saturated heterocycles. The monoisotopic (exact) mass is 285 g/mol. The maximum atomic E-state index is 12.3. The number of nitrogens with one attached hydrogen (secondary N) is 1. The maximum Gasteiger partial charge on any atom is 0.275 e. The number of amides is 1. The van der Waals surface area contributed by atoms with Gasteiger partial charge in [0, 0.05) is 18.1 Å². The smallest absolute Gasteiger partial charge is 0.275 e. The van der Waals surface area contributed by atoms with Gasteiger partial charge in [0.1, 0.15) is 5.69 Å². The van der Waals surface area contributed by atoms with E-state index in [0.29, 0.717) is 10.7 Å². The topological polar surface area (TPSA) is 46.9 Å². The highest BCUT2D eigenvalue weighted by molar-refractivity contribution is 6.34. The molecule has 2 aromatic carbocycles. The van der Waals surface area contributed by atoms with Crippen LogP contribution in [0.5, 0.6) is 0 Å². The van der Waals surface area contributed by atoms with Crippen molar-refractivity contribution < 1.29 is 4.79 Å². The highest BCUT2D eigenvalue weighted by Gasteiger charge is 2.16. The molecule has 0 fully saturated rings. The largest absolute Gasteiger partial charge is 0.320 e. The fourth-order valence-electron chi connectivity index (χ4n) is 2.18. The summed E-state index contributed by atoms with van der Waals surface area (Å²) in [4.78, 5) is 12.3. The normalized spacial score (nSPS) is 10.7. The van der Waals surface area contributed by atoms with Crippen LogP contribution in [-0.2, 0) is 7.05 Å². The Morgan fingerprint density at radius 3 is 2.70 bits per heavy atom. The lowest BCUT2D eigenvalue weighted by atomic mass is 10.1. The van der Waals surface area contributed by atoms with Crippen molar-refractivity contribution in [1.82, 2.24) is 9.78 Å². The minimum Gasteiger partial charge on any atom is -0.320 e. The number of nitrogens with zero attached hydrogens (tertiary/aromatic N) is 2. The average Bonchev–Trinajstić information content (AvgIpc) is 2.78. The number of carbonyl (C=O) groups excluding carboxylic acids is 1. The molecule has 0 bridgehead atoms. The van der Waals surface area contributed by atoms with Crippen LogP contribution in [-0.4, -0.2) is 15.7 Å². The van der Waals surface area contributed by atoms with Crippen LogP contribution in [0.15, 0.2) is 48.7 Å². The number of anilines is 1. The van der Waals surface area contributed by atoms with Crippen LogP contribution in [0.25, 0.3) is 10.8 Å². The van der Waals surface area contributed by atoms with Crippen molar-refractivity contribution in [3.63, 3.8) is 0 Å². The van der Waals surface area contributed by atoms with Gasteiger partial charge in [-0.05, 0) is 11.5 Å². The number of hydrogen-bond acceptors (Lipinski definition) is 2. The predicted molar refractivity (Wildman–Crippen MR) is 80.1 cm³/mol. The molecule has 0 radical (unpaired) electrons. The number of aryl methyl sites for hydroxylation is 1. The van der Waals surface area contributed by atoms with Gasteiger partial charge in [-0.25, -0.2) is 0 Å². The third-order valence-electron chi connectivity index (χ3n) is 3.15. The minimum absolute atomic E-state index is 0.272. The van der Waals surface area contributed by atoms with Gasteiger partial charge in [0.25, 0.3) is 5.91 Å². The van der Waals surface area contributed by atoms with E-state index in [4.69, 9.17) is 11.6 Å². The third-order valence-corrected chi connectivity index (χ3v) is 3.42. The van der Waals surface area contributed by atoms with E-state index in [2.05, 4.69) is 10.4 Å². The molecule has 4 nitrogen and oxygen atoms in total. The molecule has 1 N–H and O–H groups in total. The Bertz CT molecular complexity index is 770. The fourth-order valence-corrected chi connectivity index (χ4v) is 2.43. The molecular weight excluding hydrogens is 274 g/mol. The second-order valence-electron chi connectivity index (χ2n) is 4.45. The van der Waals surface area contributed by atoms with Crippen LogP contribution in [0.1, 0.15) is 10.5 Å². The van der Waals surface area contributed by atoms with Crippen molar-refractivity contribution in [1.29, 1.82) is 0 Å². The van der Waals surface area contributed by atoms with Gasteiger partial charge in [0.2, 0.25) is 0 Å². The zero-order valence-corrected chi connectivity index (χ0v) is 11.6. The lowest BCUT2D eigenvalue weighted by molar-refractivity contribution is 0.101. The Morgan fingerprint density at radius 1 is 1.20 bits per heavy atom. The van der Waals surface area contributed by atoms with E-state index in [-0.39, 0.29) is 5.91 Å². The molecule has 0 aliphatic carbocycles. The first-order valence-electron chi connectivity index (χ1n) is 6.13. The first-order chi connectivity index (χ1) is 9.66. The van der Waals surface area contributed by atoms with E-state index < -0.39 is 0 Å². The Labute approximate surface area is 121 Å². The summed E-state index contributed by atoms with van der Waals surface area (Å²) in [5.74, 6) is -0.272. The van der Waals surface area contributed by atoms with Gasteiger partial charge in [-0.2, -0.15) is 5.10 Å². The quantitative estimate of drug-likeness (QED) is 0.783. The van der Waals surface area contributed by atoms with Crippen LogP contribution < -0.4 is 5.32 Å². The average molecular weight is 286 g/mol. The lowest BCUT2D eigenvalue weighted by Crippen LogP contribution is -2.16. The number of hydrogen-bond donors (Lipinski definition) is 1. The molecule has 3 aromatic rings. The molecule has 1 heterocycles. The van der Waals surface area contributed by atoms with E-state index in [1.165, 1.54) is 10.9 Å². The third kappa shape index (κ3) is 2.14. The summed E-state index contributed by atoms with van der Waals surface area (Å²) in [7, 11) is 1.68. The van der Waals surface area contributed by atoms with Crippen molar-refractivity contribution in [3.8, 4) is 0 Å². The van der Waals surface area contributed by atoms with Crippen molar-refractivity contribution in [2.24, 2.45) is 7.05 Å². The molecule has 0 unspecified atom stereocenters. The minimum atomic E-state index is -0.272. The molecule has 3 rings (SSSR count). The van der Waals surface area contributed by atoms with Gasteiger partial charge in [0.05, 0.1) is 11.2 Å². The molecule has 0 aliphatic heterocycles. The molecule has 1 aromatic heterocycles. The number of rotatable bonds is 2. The fraction of sp³-hybridized carbons (Fsp3) is 0.0667. The predicted octanol–water partition coefficient (Wildman–Crippen LogP) is 3.48. The Morgan fingerprint density at radius 2 is 1.95 bits per heavy atom. The van der Waals surface area contributed by atoms with Crippen LogP contribution in [0, 0.1) is 0 Å². The highest BCUT2D eigenvalue weighted by atomic mass is 35.5.